The zero-order chi connectivity index (χ0) is 22.4. The third-order valence-electron chi connectivity index (χ3n) is 6.46. The first-order valence-corrected chi connectivity index (χ1v) is 11.0. The summed E-state index contributed by atoms with van der Waals surface area (Å²) in [6, 6.07) is 14.0. The molecular formula is C25H29N3O4. The molecule has 0 aromatic heterocycles. The fourth-order valence-electron chi connectivity index (χ4n) is 4.66. The number of aliphatic hydroxyl groups is 1. The Hall–Kier alpha value is -2.71. The van der Waals surface area contributed by atoms with Gasteiger partial charge in [0.15, 0.2) is 6.29 Å². The van der Waals surface area contributed by atoms with Crippen LogP contribution in [0, 0.1) is 6.92 Å². The number of nitrogens with zero attached hydrogens (tertiary/aromatic N) is 2. The second-order valence-corrected chi connectivity index (χ2v) is 8.57. The van der Waals surface area contributed by atoms with Crippen LogP contribution in [-0.4, -0.2) is 52.4 Å². The lowest BCUT2D eigenvalue weighted by Gasteiger charge is -2.35. The number of rotatable bonds is 5. The fourth-order valence-corrected chi connectivity index (χ4v) is 4.66. The molecule has 32 heavy (non-hydrogen) atoms. The Labute approximate surface area is 187 Å². The Morgan fingerprint density at radius 2 is 2.00 bits per heavy atom. The maximum atomic E-state index is 9.89. The largest absolute Gasteiger partial charge is 0.491 e. The molecule has 4 atom stereocenters. The predicted molar refractivity (Wildman–Crippen MR) is 124 cm³/mol. The first-order chi connectivity index (χ1) is 15.4. The summed E-state index contributed by atoms with van der Waals surface area (Å²) in [5, 5.41) is 12.2. The number of pyridine rings is 1. The van der Waals surface area contributed by atoms with Crippen molar-refractivity contribution in [3.8, 4) is 17.1 Å². The maximum absolute atomic E-state index is 9.89. The number of aliphatic hydroxyl groups excluding tert-OH is 1. The second kappa shape index (κ2) is 8.33. The SMILES string of the molecule is Cc1c2c3ccccc3nc-2n(C)c2ccc(OCCO[C@H]3C[C@H](N)[C@@H](O)[C@H](C)O3)cc12. The van der Waals surface area contributed by atoms with Gasteiger partial charge in [-0.2, -0.15) is 0 Å². The summed E-state index contributed by atoms with van der Waals surface area (Å²) < 4.78 is 19.5. The van der Waals surface area contributed by atoms with Crippen molar-refractivity contribution in [3.05, 3.63) is 48.0 Å². The molecule has 3 heterocycles. The van der Waals surface area contributed by atoms with E-state index in [1.165, 1.54) is 16.5 Å². The van der Waals surface area contributed by atoms with Crippen LogP contribution >= 0.6 is 0 Å². The van der Waals surface area contributed by atoms with Gasteiger partial charge in [0.25, 0.3) is 0 Å². The molecule has 0 amide bonds. The number of hydrogen-bond acceptors (Lipinski definition) is 6. The van der Waals surface area contributed by atoms with E-state index in [0.717, 1.165) is 28.0 Å². The van der Waals surface area contributed by atoms with E-state index in [0.29, 0.717) is 19.6 Å². The van der Waals surface area contributed by atoms with Gasteiger partial charge < -0.3 is 29.6 Å². The number of fused-ring (bicyclic) bond motifs is 4. The molecule has 0 aliphatic carbocycles. The highest BCUT2D eigenvalue weighted by Crippen LogP contribution is 2.38. The van der Waals surface area contributed by atoms with Gasteiger partial charge in [-0.3, -0.25) is 0 Å². The van der Waals surface area contributed by atoms with Crippen LogP contribution in [0.5, 0.6) is 5.75 Å². The Bertz CT molecular complexity index is 1220. The Kier molecular flexibility index (Phi) is 5.51. The Balaban J connectivity index is 1.33. The average Bonchev–Trinajstić information content (AvgIpc) is 3.19. The lowest BCUT2D eigenvalue weighted by molar-refractivity contribution is -0.223. The highest BCUT2D eigenvalue weighted by atomic mass is 16.7. The molecular weight excluding hydrogens is 406 g/mol. The first-order valence-electron chi connectivity index (χ1n) is 11.0. The molecule has 0 bridgehead atoms. The predicted octanol–water partition coefficient (Wildman–Crippen LogP) is 3.36. The van der Waals surface area contributed by atoms with Crippen molar-refractivity contribution in [2.24, 2.45) is 12.8 Å². The van der Waals surface area contributed by atoms with Gasteiger partial charge in [-0.15, -0.1) is 0 Å². The number of aryl methyl sites for hydroxylation is 2. The van der Waals surface area contributed by atoms with Crippen LogP contribution in [0.15, 0.2) is 42.5 Å². The molecule has 168 valence electrons. The van der Waals surface area contributed by atoms with Crippen molar-refractivity contribution in [1.29, 1.82) is 0 Å². The summed E-state index contributed by atoms with van der Waals surface area (Å²) in [4.78, 5) is 4.85. The summed E-state index contributed by atoms with van der Waals surface area (Å²) in [6.07, 6.45) is -0.951. The lowest BCUT2D eigenvalue weighted by Crippen LogP contribution is -2.51. The van der Waals surface area contributed by atoms with Crippen molar-refractivity contribution in [1.82, 2.24) is 9.55 Å². The van der Waals surface area contributed by atoms with Crippen LogP contribution in [0.2, 0.25) is 0 Å². The van der Waals surface area contributed by atoms with E-state index in [1.807, 2.05) is 12.1 Å². The van der Waals surface area contributed by atoms with E-state index < -0.39 is 12.4 Å². The Morgan fingerprint density at radius 1 is 1.19 bits per heavy atom. The Morgan fingerprint density at radius 3 is 2.81 bits per heavy atom. The van der Waals surface area contributed by atoms with Gasteiger partial charge in [0.2, 0.25) is 0 Å². The molecule has 7 heteroatoms. The molecule has 1 saturated heterocycles. The van der Waals surface area contributed by atoms with Gasteiger partial charge >= 0.3 is 0 Å². The highest BCUT2D eigenvalue weighted by molar-refractivity contribution is 6.03. The van der Waals surface area contributed by atoms with Gasteiger partial charge in [0.05, 0.1) is 24.3 Å². The highest BCUT2D eigenvalue weighted by Gasteiger charge is 2.33. The molecule has 3 aliphatic heterocycles. The molecule has 0 radical (unpaired) electrons. The van der Waals surface area contributed by atoms with Crippen molar-refractivity contribution >= 4 is 21.8 Å². The number of ether oxygens (including phenoxy) is 3. The first kappa shape index (κ1) is 21.2. The molecule has 5 rings (SSSR count). The monoisotopic (exact) mass is 435 g/mol. The van der Waals surface area contributed by atoms with Gasteiger partial charge in [-0.1, -0.05) is 18.2 Å². The molecule has 0 saturated carbocycles. The van der Waals surface area contributed by atoms with E-state index in [-0.39, 0.29) is 12.1 Å². The van der Waals surface area contributed by atoms with Crippen molar-refractivity contribution in [2.45, 2.75) is 44.8 Å². The molecule has 7 nitrogen and oxygen atoms in total. The maximum Gasteiger partial charge on any atom is 0.159 e. The number of para-hydroxylation sites is 1. The molecule has 0 unspecified atom stereocenters. The summed E-state index contributed by atoms with van der Waals surface area (Å²) in [5.74, 6) is 1.78. The van der Waals surface area contributed by atoms with E-state index in [9.17, 15) is 5.11 Å². The third kappa shape index (κ3) is 3.61. The minimum atomic E-state index is -0.658. The van der Waals surface area contributed by atoms with Crippen LogP contribution in [0.4, 0.5) is 0 Å². The molecule has 0 spiro atoms. The third-order valence-corrected chi connectivity index (χ3v) is 6.46. The minimum absolute atomic E-state index is 0.340. The normalized spacial score (nSPS) is 23.9. The van der Waals surface area contributed by atoms with E-state index >= 15 is 0 Å². The molecule has 2 aromatic carbocycles. The molecule has 3 N–H and O–H groups in total. The number of nitrogens with two attached hydrogens (primary N) is 1. The van der Waals surface area contributed by atoms with Gasteiger partial charge in [0, 0.05) is 41.4 Å². The summed E-state index contributed by atoms with van der Waals surface area (Å²) >= 11 is 0. The smallest absolute Gasteiger partial charge is 0.159 e. The standard InChI is InChI=1S/C25H29N3O4/c1-14-18-12-16(30-10-11-31-22-13-19(26)24(29)15(2)32-22)8-9-21(18)28(3)25-23(14)17-6-4-5-7-20(17)27-25/h4-9,12,15,19,22,24,29H,10-11,13,26H2,1-3H3/t15-,19-,22+,24-/m0/s1. The second-order valence-electron chi connectivity index (χ2n) is 8.57. The van der Waals surface area contributed by atoms with Crippen LogP contribution in [0.3, 0.4) is 0 Å². The topological polar surface area (TPSA) is 91.8 Å². The van der Waals surface area contributed by atoms with E-state index in [2.05, 4.69) is 48.9 Å². The van der Waals surface area contributed by atoms with Crippen molar-refractivity contribution < 1.29 is 19.3 Å². The van der Waals surface area contributed by atoms with Crippen LogP contribution < -0.4 is 10.5 Å². The van der Waals surface area contributed by atoms with Gasteiger partial charge in [0.1, 0.15) is 18.2 Å². The van der Waals surface area contributed by atoms with E-state index in [1.54, 1.807) is 6.92 Å². The van der Waals surface area contributed by atoms with Crippen molar-refractivity contribution in [2.75, 3.05) is 13.2 Å². The number of benzene rings is 2. The molecule has 3 aliphatic rings. The summed E-state index contributed by atoms with van der Waals surface area (Å²) in [5.41, 5.74) is 10.4. The minimum Gasteiger partial charge on any atom is -0.491 e. The fraction of sp³-hybridized carbons (Fsp3) is 0.400. The molecule has 2 aromatic rings. The van der Waals surface area contributed by atoms with Crippen LogP contribution in [0.1, 0.15) is 18.9 Å². The summed E-state index contributed by atoms with van der Waals surface area (Å²) in [6.45, 7) is 4.72. The van der Waals surface area contributed by atoms with E-state index in [4.69, 9.17) is 24.9 Å². The quantitative estimate of drug-likeness (QED) is 0.467. The van der Waals surface area contributed by atoms with Crippen molar-refractivity contribution in [3.63, 3.8) is 0 Å². The van der Waals surface area contributed by atoms with Gasteiger partial charge in [-0.05, 0) is 43.7 Å². The number of hydrogen-bond donors (Lipinski definition) is 2. The average molecular weight is 436 g/mol. The number of aromatic nitrogens is 2. The van der Waals surface area contributed by atoms with Crippen LogP contribution in [0.25, 0.3) is 33.2 Å². The lowest BCUT2D eigenvalue weighted by atomic mass is 10.00. The molecule has 1 fully saturated rings. The zero-order valence-corrected chi connectivity index (χ0v) is 18.6. The zero-order valence-electron chi connectivity index (χ0n) is 18.6. The van der Waals surface area contributed by atoms with Crippen LogP contribution in [-0.2, 0) is 16.5 Å². The summed E-state index contributed by atoms with van der Waals surface area (Å²) in [7, 11) is 2.05. The van der Waals surface area contributed by atoms with Gasteiger partial charge in [-0.25, -0.2) is 4.98 Å².